The van der Waals surface area contributed by atoms with Crippen molar-refractivity contribution in [2.75, 3.05) is 5.32 Å². The van der Waals surface area contributed by atoms with Gasteiger partial charge < -0.3 is 10.1 Å². The van der Waals surface area contributed by atoms with Crippen LogP contribution in [0.25, 0.3) is 0 Å². The Labute approximate surface area is 123 Å². The van der Waals surface area contributed by atoms with Gasteiger partial charge in [0, 0.05) is 22.6 Å². The fourth-order valence-corrected chi connectivity index (χ4v) is 3.40. The zero-order chi connectivity index (χ0) is 13.2. The minimum Gasteiger partial charge on any atom is -0.488 e. The normalized spacial score (nSPS) is 13.8. The van der Waals surface area contributed by atoms with Gasteiger partial charge in [-0.2, -0.15) is 0 Å². The highest BCUT2D eigenvalue weighted by Crippen LogP contribution is 2.29. The number of nitrogens with one attached hydrogen (secondary N) is 1. The first-order valence-electron chi connectivity index (χ1n) is 6.00. The third-order valence-electron chi connectivity index (χ3n) is 3.04. The van der Waals surface area contributed by atoms with Crippen LogP contribution < -0.4 is 10.1 Å². The molecule has 0 bridgehead atoms. The molecule has 5 heteroatoms. The van der Waals surface area contributed by atoms with Gasteiger partial charge in [-0.15, -0.1) is 11.3 Å². The Bertz CT molecular complexity index is 624. The predicted octanol–water partition coefficient (Wildman–Crippen LogP) is 3.97. The molecule has 3 rings (SSSR count). The molecule has 0 unspecified atom stereocenters. The summed E-state index contributed by atoms with van der Waals surface area (Å²) in [5.41, 5.74) is 2.04. The Kier molecular flexibility index (Phi) is 3.57. The molecule has 1 amide bonds. The Hall–Kier alpha value is -1.33. The first-order chi connectivity index (χ1) is 9.22. The molecule has 0 radical (unpaired) electrons. The van der Waals surface area contributed by atoms with E-state index >= 15 is 0 Å². The van der Waals surface area contributed by atoms with Crippen LogP contribution in [0.2, 0.25) is 0 Å². The molecule has 19 heavy (non-hydrogen) atoms. The average molecular weight is 338 g/mol. The molecule has 0 aliphatic carbocycles. The number of rotatable bonds is 3. The summed E-state index contributed by atoms with van der Waals surface area (Å²) in [6.45, 7) is 0.533. The molecule has 0 saturated carbocycles. The van der Waals surface area contributed by atoms with Crippen molar-refractivity contribution in [2.45, 2.75) is 19.4 Å². The molecule has 2 heterocycles. The van der Waals surface area contributed by atoms with E-state index < -0.39 is 0 Å². The summed E-state index contributed by atoms with van der Waals surface area (Å²) in [5.74, 6) is 0.854. The van der Waals surface area contributed by atoms with Gasteiger partial charge in [0.05, 0.1) is 4.88 Å². The molecule has 1 aromatic heterocycles. The smallest absolute Gasteiger partial charge is 0.224 e. The van der Waals surface area contributed by atoms with Crippen LogP contribution >= 0.6 is 27.3 Å². The lowest BCUT2D eigenvalue weighted by atomic mass is 10.0. The molecule has 1 aliphatic heterocycles. The summed E-state index contributed by atoms with van der Waals surface area (Å²) in [4.78, 5) is 12.5. The minimum atomic E-state index is 0.0747. The van der Waals surface area contributed by atoms with Gasteiger partial charge >= 0.3 is 0 Å². The SMILES string of the molecule is O=C1CCc2ccc(OCc3sccc3Br)cc2N1. The van der Waals surface area contributed by atoms with Crippen molar-refractivity contribution in [2.24, 2.45) is 0 Å². The second-order valence-electron chi connectivity index (χ2n) is 4.35. The quantitative estimate of drug-likeness (QED) is 0.920. The number of benzene rings is 1. The van der Waals surface area contributed by atoms with Crippen molar-refractivity contribution in [3.8, 4) is 5.75 Å². The number of thiophene rings is 1. The van der Waals surface area contributed by atoms with E-state index in [2.05, 4.69) is 21.2 Å². The Morgan fingerprint density at radius 2 is 2.21 bits per heavy atom. The molecule has 0 saturated heterocycles. The number of carbonyl (C=O) groups excluding carboxylic acids is 1. The maximum absolute atomic E-state index is 11.4. The van der Waals surface area contributed by atoms with E-state index in [-0.39, 0.29) is 5.91 Å². The van der Waals surface area contributed by atoms with Gasteiger partial charge in [0.25, 0.3) is 0 Å². The lowest BCUT2D eigenvalue weighted by molar-refractivity contribution is -0.116. The van der Waals surface area contributed by atoms with E-state index in [0.29, 0.717) is 13.0 Å². The number of fused-ring (bicyclic) bond motifs is 1. The van der Waals surface area contributed by atoms with E-state index in [1.54, 1.807) is 11.3 Å². The second kappa shape index (κ2) is 5.35. The number of hydrogen-bond acceptors (Lipinski definition) is 3. The van der Waals surface area contributed by atoms with Crippen molar-refractivity contribution in [3.05, 3.63) is 44.6 Å². The van der Waals surface area contributed by atoms with Gasteiger partial charge in [-0.05, 0) is 45.4 Å². The third kappa shape index (κ3) is 2.82. The molecular weight excluding hydrogens is 326 g/mol. The average Bonchev–Trinajstić information content (AvgIpc) is 2.81. The summed E-state index contributed by atoms with van der Waals surface area (Å²) in [7, 11) is 0. The fourth-order valence-electron chi connectivity index (χ4n) is 2.02. The summed E-state index contributed by atoms with van der Waals surface area (Å²) in [6, 6.07) is 7.88. The standard InChI is InChI=1S/C14H12BrNO2S/c15-11-5-6-19-13(11)8-18-10-3-1-9-2-4-14(17)16-12(9)7-10/h1,3,5-7H,2,4,8H2,(H,16,17). The van der Waals surface area contributed by atoms with Gasteiger partial charge in [-0.25, -0.2) is 0 Å². The number of hydrogen-bond donors (Lipinski definition) is 1. The summed E-state index contributed by atoms with van der Waals surface area (Å²) in [5, 5.41) is 4.90. The van der Waals surface area contributed by atoms with Gasteiger partial charge in [0.2, 0.25) is 5.91 Å². The molecule has 1 aliphatic rings. The van der Waals surface area contributed by atoms with E-state index in [1.165, 1.54) is 5.56 Å². The monoisotopic (exact) mass is 337 g/mol. The maximum atomic E-state index is 11.4. The zero-order valence-corrected chi connectivity index (χ0v) is 12.5. The van der Waals surface area contributed by atoms with E-state index in [0.717, 1.165) is 27.2 Å². The first-order valence-corrected chi connectivity index (χ1v) is 7.67. The molecule has 98 valence electrons. The molecule has 3 nitrogen and oxygen atoms in total. The van der Waals surface area contributed by atoms with Crippen LogP contribution in [-0.2, 0) is 17.8 Å². The van der Waals surface area contributed by atoms with Crippen LogP contribution in [0, 0.1) is 0 Å². The lowest BCUT2D eigenvalue weighted by Gasteiger charge is -2.17. The largest absolute Gasteiger partial charge is 0.488 e. The molecule has 0 fully saturated rings. The summed E-state index contributed by atoms with van der Waals surface area (Å²) >= 11 is 5.14. The summed E-state index contributed by atoms with van der Waals surface area (Å²) in [6.07, 6.45) is 1.37. The van der Waals surface area contributed by atoms with Gasteiger partial charge in [-0.1, -0.05) is 6.07 Å². The highest BCUT2D eigenvalue weighted by molar-refractivity contribution is 9.10. The van der Waals surface area contributed by atoms with Crippen molar-refractivity contribution in [1.29, 1.82) is 0 Å². The molecule has 1 aromatic carbocycles. The lowest BCUT2D eigenvalue weighted by Crippen LogP contribution is -2.18. The van der Waals surface area contributed by atoms with Gasteiger partial charge in [-0.3, -0.25) is 4.79 Å². The van der Waals surface area contributed by atoms with Gasteiger partial charge in [0.1, 0.15) is 12.4 Å². The molecule has 0 atom stereocenters. The molecule has 2 aromatic rings. The number of anilines is 1. The van der Waals surface area contributed by atoms with Crippen molar-refractivity contribution in [3.63, 3.8) is 0 Å². The fraction of sp³-hybridized carbons (Fsp3) is 0.214. The van der Waals surface area contributed by atoms with Crippen molar-refractivity contribution >= 4 is 38.9 Å². The van der Waals surface area contributed by atoms with Gasteiger partial charge in [0.15, 0.2) is 0 Å². The molecular formula is C14H12BrNO2S. The highest BCUT2D eigenvalue weighted by Gasteiger charge is 2.15. The number of amides is 1. The topological polar surface area (TPSA) is 38.3 Å². The summed E-state index contributed by atoms with van der Waals surface area (Å²) < 4.78 is 6.83. The number of carbonyl (C=O) groups is 1. The first kappa shape index (κ1) is 12.7. The Balaban J connectivity index is 1.74. The minimum absolute atomic E-state index is 0.0747. The van der Waals surface area contributed by atoms with Crippen LogP contribution in [0.3, 0.4) is 0 Å². The Morgan fingerprint density at radius 1 is 1.32 bits per heavy atom. The molecule has 1 N–H and O–H groups in total. The number of ether oxygens (including phenoxy) is 1. The second-order valence-corrected chi connectivity index (χ2v) is 6.20. The van der Waals surface area contributed by atoms with Crippen LogP contribution in [0.4, 0.5) is 5.69 Å². The predicted molar refractivity (Wildman–Crippen MR) is 79.7 cm³/mol. The van der Waals surface area contributed by atoms with Crippen molar-refractivity contribution in [1.82, 2.24) is 0 Å². The van der Waals surface area contributed by atoms with Crippen LogP contribution in [0.5, 0.6) is 5.75 Å². The van der Waals surface area contributed by atoms with Crippen LogP contribution in [0.1, 0.15) is 16.9 Å². The highest BCUT2D eigenvalue weighted by atomic mass is 79.9. The van der Waals surface area contributed by atoms with E-state index in [9.17, 15) is 4.79 Å². The van der Waals surface area contributed by atoms with Crippen LogP contribution in [-0.4, -0.2) is 5.91 Å². The van der Waals surface area contributed by atoms with Crippen molar-refractivity contribution < 1.29 is 9.53 Å². The molecule has 0 spiro atoms. The third-order valence-corrected chi connectivity index (χ3v) is 4.94. The van der Waals surface area contributed by atoms with Crippen LogP contribution in [0.15, 0.2) is 34.1 Å². The zero-order valence-electron chi connectivity index (χ0n) is 10.1. The number of aryl methyl sites for hydroxylation is 1. The van der Waals surface area contributed by atoms with E-state index in [4.69, 9.17) is 4.74 Å². The maximum Gasteiger partial charge on any atom is 0.224 e. The number of halogens is 1. The Morgan fingerprint density at radius 3 is 3.00 bits per heavy atom. The van der Waals surface area contributed by atoms with E-state index in [1.807, 2.05) is 29.6 Å².